The number of nitrogens with zero attached hydrogens (tertiary/aromatic N) is 2. The standard InChI is InChI=1S/C28H38N2O4S/c1-18-7-9-19(10-8-18)26(31)30(23-16-24(28(2,3)4)35-25(23)27(32)33)20-11-13-21(14-12-20)34-22-6-5-15-29-17-22/h5-6,15-21H,7-14H2,1-4H3,(H,32,33)/t18-,19-,20-,21-. The number of carboxylic acids is 1. The zero-order valence-electron chi connectivity index (χ0n) is 21.3. The van der Waals surface area contributed by atoms with E-state index in [2.05, 4.69) is 32.7 Å². The number of carbonyl (C=O) groups is 2. The van der Waals surface area contributed by atoms with Crippen molar-refractivity contribution in [3.05, 3.63) is 40.3 Å². The fourth-order valence-corrected chi connectivity index (χ4v) is 6.36. The molecule has 0 atom stereocenters. The van der Waals surface area contributed by atoms with Crippen LogP contribution in [0.5, 0.6) is 5.75 Å². The van der Waals surface area contributed by atoms with Crippen molar-refractivity contribution in [1.29, 1.82) is 0 Å². The van der Waals surface area contributed by atoms with Crippen molar-refractivity contribution in [3.63, 3.8) is 0 Å². The fourth-order valence-electron chi connectivity index (χ4n) is 5.31. The van der Waals surface area contributed by atoms with Crippen molar-refractivity contribution in [3.8, 4) is 5.75 Å². The summed E-state index contributed by atoms with van der Waals surface area (Å²) in [5.74, 6) is 0.533. The van der Waals surface area contributed by atoms with Crippen molar-refractivity contribution in [1.82, 2.24) is 4.98 Å². The number of anilines is 1. The number of aromatic carboxylic acids is 1. The highest BCUT2D eigenvalue weighted by Gasteiger charge is 2.38. The Hall–Kier alpha value is -2.41. The molecule has 0 aliphatic heterocycles. The molecular weight excluding hydrogens is 460 g/mol. The number of ether oxygens (including phenoxy) is 1. The summed E-state index contributed by atoms with van der Waals surface area (Å²) in [5.41, 5.74) is 0.407. The van der Waals surface area contributed by atoms with Crippen LogP contribution in [0.3, 0.4) is 0 Å². The van der Waals surface area contributed by atoms with E-state index in [1.807, 2.05) is 23.1 Å². The first-order valence-corrected chi connectivity index (χ1v) is 13.7. The molecule has 0 aromatic carbocycles. The smallest absolute Gasteiger partial charge is 0.348 e. The van der Waals surface area contributed by atoms with Crippen LogP contribution in [0.25, 0.3) is 0 Å². The molecule has 2 fully saturated rings. The number of carboxylic acid groups (broad SMARTS) is 1. The minimum absolute atomic E-state index is 0.0175. The van der Waals surface area contributed by atoms with Crippen LogP contribution < -0.4 is 9.64 Å². The third kappa shape index (κ3) is 6.05. The van der Waals surface area contributed by atoms with E-state index in [1.165, 1.54) is 11.3 Å². The van der Waals surface area contributed by atoms with Gasteiger partial charge in [0.05, 0.1) is 18.0 Å². The van der Waals surface area contributed by atoms with Gasteiger partial charge in [0.1, 0.15) is 10.6 Å². The van der Waals surface area contributed by atoms with Gasteiger partial charge in [-0.15, -0.1) is 11.3 Å². The van der Waals surface area contributed by atoms with E-state index < -0.39 is 5.97 Å². The third-order valence-corrected chi connectivity index (χ3v) is 8.99. The van der Waals surface area contributed by atoms with Crippen LogP contribution >= 0.6 is 11.3 Å². The molecule has 1 N–H and O–H groups in total. The molecule has 0 unspecified atom stereocenters. The zero-order chi connectivity index (χ0) is 25.2. The van der Waals surface area contributed by atoms with E-state index >= 15 is 0 Å². The zero-order valence-corrected chi connectivity index (χ0v) is 22.1. The lowest BCUT2D eigenvalue weighted by Gasteiger charge is -2.39. The molecule has 35 heavy (non-hydrogen) atoms. The summed E-state index contributed by atoms with van der Waals surface area (Å²) >= 11 is 1.31. The molecule has 2 saturated carbocycles. The molecule has 2 aromatic rings. The van der Waals surface area contributed by atoms with Gasteiger partial charge >= 0.3 is 5.97 Å². The highest BCUT2D eigenvalue weighted by molar-refractivity contribution is 7.14. The van der Waals surface area contributed by atoms with Gasteiger partial charge in [-0.25, -0.2) is 4.79 Å². The van der Waals surface area contributed by atoms with Gasteiger partial charge in [0.15, 0.2) is 0 Å². The van der Waals surface area contributed by atoms with E-state index in [4.69, 9.17) is 4.74 Å². The van der Waals surface area contributed by atoms with Crippen molar-refractivity contribution in [2.24, 2.45) is 11.8 Å². The minimum Gasteiger partial charge on any atom is -0.489 e. The summed E-state index contributed by atoms with van der Waals surface area (Å²) in [6, 6.07) is 5.73. The summed E-state index contributed by atoms with van der Waals surface area (Å²) in [6.07, 6.45) is 10.6. The lowest BCUT2D eigenvalue weighted by atomic mass is 9.81. The van der Waals surface area contributed by atoms with Crippen LogP contribution in [-0.4, -0.2) is 34.1 Å². The molecule has 2 aliphatic rings. The number of amides is 1. The maximum atomic E-state index is 14.0. The first kappa shape index (κ1) is 25.7. The molecule has 7 heteroatoms. The molecule has 4 rings (SSSR count). The van der Waals surface area contributed by atoms with Crippen LogP contribution in [0.4, 0.5) is 5.69 Å². The normalized spacial score (nSPS) is 25.1. The summed E-state index contributed by atoms with van der Waals surface area (Å²) in [4.78, 5) is 33.6. The van der Waals surface area contributed by atoms with E-state index in [0.717, 1.165) is 62.0 Å². The summed E-state index contributed by atoms with van der Waals surface area (Å²) in [5, 5.41) is 10.1. The van der Waals surface area contributed by atoms with Crippen LogP contribution in [0.2, 0.25) is 0 Å². The van der Waals surface area contributed by atoms with Crippen LogP contribution in [-0.2, 0) is 10.2 Å². The first-order chi connectivity index (χ1) is 16.6. The monoisotopic (exact) mass is 498 g/mol. The second-order valence-corrected chi connectivity index (χ2v) is 12.3. The predicted molar refractivity (Wildman–Crippen MR) is 139 cm³/mol. The second kappa shape index (κ2) is 10.7. The average molecular weight is 499 g/mol. The Morgan fingerprint density at radius 2 is 1.77 bits per heavy atom. The van der Waals surface area contributed by atoms with Gasteiger partial charge in [0.2, 0.25) is 5.91 Å². The maximum Gasteiger partial charge on any atom is 0.348 e. The van der Waals surface area contributed by atoms with Gasteiger partial charge in [0.25, 0.3) is 0 Å². The number of hydrogen-bond donors (Lipinski definition) is 1. The Balaban J connectivity index is 1.60. The Morgan fingerprint density at radius 1 is 1.09 bits per heavy atom. The van der Waals surface area contributed by atoms with Crippen LogP contribution in [0.1, 0.15) is 93.6 Å². The first-order valence-electron chi connectivity index (χ1n) is 12.9. The summed E-state index contributed by atoms with van der Waals surface area (Å²) < 4.78 is 6.13. The van der Waals surface area contributed by atoms with Gasteiger partial charge < -0.3 is 14.7 Å². The SMILES string of the molecule is CC(C)(C)c1cc(N(C(=O)[C@H]2CC[C@H](C)CC2)[C@H]2CC[C@H](Oc3cccnc3)CC2)c(C(=O)O)s1. The highest BCUT2D eigenvalue weighted by atomic mass is 32.1. The number of pyridine rings is 1. The van der Waals surface area contributed by atoms with Gasteiger partial charge in [0, 0.05) is 23.0 Å². The Bertz CT molecular complexity index is 1010. The highest BCUT2D eigenvalue weighted by Crippen LogP contribution is 2.42. The number of aromatic nitrogens is 1. The maximum absolute atomic E-state index is 14.0. The third-order valence-electron chi connectivity index (χ3n) is 7.45. The molecule has 2 aliphatic carbocycles. The van der Waals surface area contributed by atoms with Crippen LogP contribution in [0.15, 0.2) is 30.6 Å². The minimum atomic E-state index is -0.954. The summed E-state index contributed by atoms with van der Waals surface area (Å²) in [6.45, 7) is 8.51. The molecule has 6 nitrogen and oxygen atoms in total. The molecule has 2 heterocycles. The molecular formula is C28H38N2O4S. The van der Waals surface area contributed by atoms with E-state index in [-0.39, 0.29) is 34.3 Å². The number of thiophene rings is 1. The molecule has 0 saturated heterocycles. The van der Waals surface area contributed by atoms with E-state index in [9.17, 15) is 14.7 Å². The lowest BCUT2D eigenvalue weighted by molar-refractivity contribution is -0.124. The lowest BCUT2D eigenvalue weighted by Crippen LogP contribution is -2.47. The number of rotatable bonds is 6. The Kier molecular flexibility index (Phi) is 7.84. The van der Waals surface area contributed by atoms with Gasteiger partial charge in [-0.3, -0.25) is 9.78 Å². The van der Waals surface area contributed by atoms with Crippen molar-refractivity contribution >= 4 is 28.9 Å². The fraction of sp³-hybridized carbons (Fsp3) is 0.607. The largest absolute Gasteiger partial charge is 0.489 e. The van der Waals surface area contributed by atoms with Gasteiger partial charge in [-0.1, -0.05) is 27.7 Å². The van der Waals surface area contributed by atoms with Crippen LogP contribution in [0, 0.1) is 11.8 Å². The molecule has 1 amide bonds. The van der Waals surface area contributed by atoms with Gasteiger partial charge in [-0.2, -0.15) is 0 Å². The van der Waals surface area contributed by atoms with E-state index in [0.29, 0.717) is 11.6 Å². The van der Waals surface area contributed by atoms with Crippen molar-refractivity contribution in [2.75, 3.05) is 4.90 Å². The predicted octanol–water partition coefficient (Wildman–Crippen LogP) is 6.69. The quantitative estimate of drug-likeness (QED) is 0.480. The number of hydrogen-bond acceptors (Lipinski definition) is 5. The molecule has 0 radical (unpaired) electrons. The van der Waals surface area contributed by atoms with Crippen molar-refractivity contribution < 1.29 is 19.4 Å². The average Bonchev–Trinajstić information content (AvgIpc) is 3.27. The Labute approximate surface area is 212 Å². The van der Waals surface area contributed by atoms with Gasteiger partial charge in [-0.05, 0) is 80.9 Å². The number of carbonyl (C=O) groups excluding carboxylic acids is 1. The van der Waals surface area contributed by atoms with Crippen molar-refractivity contribution in [2.45, 2.75) is 96.6 Å². The Morgan fingerprint density at radius 3 is 2.34 bits per heavy atom. The van der Waals surface area contributed by atoms with E-state index in [1.54, 1.807) is 12.4 Å². The summed E-state index contributed by atoms with van der Waals surface area (Å²) in [7, 11) is 0. The molecule has 2 aromatic heterocycles. The molecule has 190 valence electrons. The topological polar surface area (TPSA) is 79.7 Å². The second-order valence-electron chi connectivity index (χ2n) is 11.3. The molecule has 0 spiro atoms. The molecule has 0 bridgehead atoms.